The maximum absolute atomic E-state index is 12.5. The Balaban J connectivity index is 1.36. The predicted molar refractivity (Wildman–Crippen MR) is 104 cm³/mol. The Hall–Kier alpha value is -2.09. The monoisotopic (exact) mass is 406 g/mol. The molecule has 0 radical (unpaired) electrons. The number of nitrogens with one attached hydrogen (secondary N) is 2. The highest BCUT2D eigenvalue weighted by Gasteiger charge is 2.51. The standard InChI is InChI=1S/C20H26N2O5S/c1-28(25,26)22-17-5-3-2-4-16(17)19(24)27-12-18(23)21-20-9-13-6-14(10-20)8-15(7-13)11-20/h2-5,13-15,22H,6-12H2,1H3,(H,21,23). The van der Waals surface area contributed by atoms with E-state index in [-0.39, 0.29) is 29.3 Å². The van der Waals surface area contributed by atoms with Crippen molar-refractivity contribution in [2.45, 2.75) is 44.1 Å². The lowest BCUT2D eigenvalue weighted by Crippen LogP contribution is -2.60. The SMILES string of the molecule is CS(=O)(=O)Nc1ccccc1C(=O)OCC(=O)NC12CC3CC(CC(C3)C1)C2. The summed E-state index contributed by atoms with van der Waals surface area (Å²) in [5, 5.41) is 3.16. The van der Waals surface area contributed by atoms with Gasteiger partial charge in [-0.2, -0.15) is 0 Å². The van der Waals surface area contributed by atoms with E-state index in [9.17, 15) is 18.0 Å². The number of hydrogen-bond donors (Lipinski definition) is 2. The van der Waals surface area contributed by atoms with Crippen LogP contribution in [0.5, 0.6) is 0 Å². The zero-order valence-corrected chi connectivity index (χ0v) is 16.8. The fourth-order valence-corrected chi connectivity index (χ4v) is 6.33. The fraction of sp³-hybridized carbons (Fsp3) is 0.600. The molecule has 0 atom stereocenters. The van der Waals surface area contributed by atoms with Crippen LogP contribution in [-0.2, 0) is 19.6 Å². The number of carbonyl (C=O) groups excluding carboxylic acids is 2. The lowest BCUT2D eigenvalue weighted by molar-refractivity contribution is -0.130. The summed E-state index contributed by atoms with van der Waals surface area (Å²) in [5.74, 6) is 1.12. The molecule has 4 bridgehead atoms. The first-order valence-corrected chi connectivity index (χ1v) is 11.7. The minimum atomic E-state index is -3.53. The van der Waals surface area contributed by atoms with Crippen molar-refractivity contribution in [3.8, 4) is 0 Å². The maximum Gasteiger partial charge on any atom is 0.340 e. The molecule has 4 fully saturated rings. The van der Waals surface area contributed by atoms with Gasteiger partial charge in [0.25, 0.3) is 5.91 Å². The molecular weight excluding hydrogens is 380 g/mol. The van der Waals surface area contributed by atoms with E-state index in [0.29, 0.717) is 17.8 Å². The van der Waals surface area contributed by atoms with Crippen LogP contribution in [0.3, 0.4) is 0 Å². The molecule has 7 nitrogen and oxygen atoms in total. The topological polar surface area (TPSA) is 102 Å². The molecule has 0 aliphatic heterocycles. The summed E-state index contributed by atoms with van der Waals surface area (Å²) >= 11 is 0. The maximum atomic E-state index is 12.5. The van der Waals surface area contributed by atoms with E-state index in [2.05, 4.69) is 10.0 Å². The van der Waals surface area contributed by atoms with Gasteiger partial charge in [0.15, 0.2) is 6.61 Å². The van der Waals surface area contributed by atoms with Crippen LogP contribution in [0.25, 0.3) is 0 Å². The van der Waals surface area contributed by atoms with Gasteiger partial charge in [-0.1, -0.05) is 12.1 Å². The van der Waals surface area contributed by atoms with Crippen LogP contribution >= 0.6 is 0 Å². The molecule has 1 amide bonds. The number of anilines is 1. The van der Waals surface area contributed by atoms with Crippen molar-refractivity contribution in [2.24, 2.45) is 17.8 Å². The van der Waals surface area contributed by atoms with Crippen LogP contribution in [0, 0.1) is 17.8 Å². The highest BCUT2D eigenvalue weighted by Crippen LogP contribution is 2.55. The average Bonchev–Trinajstić information content (AvgIpc) is 2.57. The van der Waals surface area contributed by atoms with Gasteiger partial charge in [0.1, 0.15) is 0 Å². The Morgan fingerprint density at radius 2 is 1.64 bits per heavy atom. The molecule has 4 aliphatic carbocycles. The van der Waals surface area contributed by atoms with Crippen molar-refractivity contribution in [1.82, 2.24) is 5.32 Å². The molecular formula is C20H26N2O5S. The van der Waals surface area contributed by atoms with E-state index in [0.717, 1.165) is 25.5 Å². The molecule has 2 N–H and O–H groups in total. The number of ether oxygens (including phenoxy) is 1. The van der Waals surface area contributed by atoms with Crippen LogP contribution in [0.1, 0.15) is 48.9 Å². The van der Waals surface area contributed by atoms with E-state index >= 15 is 0 Å². The Morgan fingerprint density at radius 3 is 2.21 bits per heavy atom. The minimum absolute atomic E-state index is 0.0792. The molecule has 0 spiro atoms. The summed E-state index contributed by atoms with van der Waals surface area (Å²) in [6, 6.07) is 6.17. The highest BCUT2D eigenvalue weighted by molar-refractivity contribution is 7.92. The number of rotatable bonds is 6. The number of para-hydroxylation sites is 1. The molecule has 4 aliphatic rings. The van der Waals surface area contributed by atoms with Crippen LogP contribution in [-0.4, -0.2) is 38.7 Å². The van der Waals surface area contributed by atoms with E-state index in [1.165, 1.54) is 31.4 Å². The number of benzene rings is 1. The predicted octanol–water partition coefficient (Wildman–Crippen LogP) is 2.30. The fourth-order valence-electron chi connectivity index (χ4n) is 5.75. The summed E-state index contributed by atoms with van der Waals surface area (Å²) < 4.78 is 30.4. The zero-order chi connectivity index (χ0) is 19.9. The number of sulfonamides is 1. The molecule has 1 aromatic carbocycles. The summed E-state index contributed by atoms with van der Waals surface area (Å²) in [6.07, 6.45) is 7.95. The molecule has 1 aromatic rings. The molecule has 28 heavy (non-hydrogen) atoms. The molecule has 0 saturated heterocycles. The third-order valence-corrected chi connectivity index (χ3v) is 6.81. The lowest BCUT2D eigenvalue weighted by atomic mass is 9.53. The van der Waals surface area contributed by atoms with E-state index in [4.69, 9.17) is 4.74 Å². The molecule has 4 saturated carbocycles. The van der Waals surface area contributed by atoms with Crippen molar-refractivity contribution in [2.75, 3.05) is 17.6 Å². The molecule has 0 aromatic heterocycles. The van der Waals surface area contributed by atoms with E-state index in [1.807, 2.05) is 0 Å². The van der Waals surface area contributed by atoms with Crippen molar-refractivity contribution >= 4 is 27.6 Å². The van der Waals surface area contributed by atoms with Crippen LogP contribution in [0.4, 0.5) is 5.69 Å². The highest BCUT2D eigenvalue weighted by atomic mass is 32.2. The third-order valence-electron chi connectivity index (χ3n) is 6.22. The summed E-state index contributed by atoms with van der Waals surface area (Å²) in [7, 11) is -3.53. The summed E-state index contributed by atoms with van der Waals surface area (Å²) in [6.45, 7) is -0.367. The summed E-state index contributed by atoms with van der Waals surface area (Å²) in [5.41, 5.74) is 0.0839. The molecule has 8 heteroatoms. The molecule has 0 heterocycles. The largest absolute Gasteiger partial charge is 0.452 e. The van der Waals surface area contributed by atoms with Crippen molar-refractivity contribution in [3.63, 3.8) is 0 Å². The molecule has 152 valence electrons. The first kappa shape index (κ1) is 19.2. The first-order valence-electron chi connectivity index (χ1n) is 9.76. The second-order valence-electron chi connectivity index (χ2n) is 8.74. The molecule has 5 rings (SSSR count). The smallest absolute Gasteiger partial charge is 0.340 e. The zero-order valence-electron chi connectivity index (χ0n) is 15.9. The van der Waals surface area contributed by atoms with Gasteiger partial charge in [-0.05, 0) is 68.4 Å². The second-order valence-corrected chi connectivity index (χ2v) is 10.5. The number of amides is 1. The van der Waals surface area contributed by atoms with Crippen molar-refractivity contribution < 1.29 is 22.7 Å². The lowest BCUT2D eigenvalue weighted by Gasteiger charge is -2.56. The Kier molecular flexibility index (Phi) is 4.85. The van der Waals surface area contributed by atoms with Gasteiger partial charge in [-0.15, -0.1) is 0 Å². The van der Waals surface area contributed by atoms with Gasteiger partial charge < -0.3 is 10.1 Å². The first-order chi connectivity index (χ1) is 13.2. The van der Waals surface area contributed by atoms with Gasteiger partial charge in [-0.3, -0.25) is 9.52 Å². The second kappa shape index (κ2) is 7.06. The van der Waals surface area contributed by atoms with E-state index in [1.54, 1.807) is 12.1 Å². The third kappa shape index (κ3) is 4.16. The van der Waals surface area contributed by atoms with Gasteiger partial charge in [-0.25, -0.2) is 13.2 Å². The van der Waals surface area contributed by atoms with Gasteiger partial charge in [0, 0.05) is 5.54 Å². The number of carbonyl (C=O) groups is 2. The normalized spacial score (nSPS) is 30.7. The van der Waals surface area contributed by atoms with Crippen molar-refractivity contribution in [3.05, 3.63) is 29.8 Å². The number of hydrogen-bond acceptors (Lipinski definition) is 5. The van der Waals surface area contributed by atoms with Gasteiger partial charge in [0.2, 0.25) is 10.0 Å². The Bertz CT molecular complexity index is 860. The quantitative estimate of drug-likeness (QED) is 0.706. The van der Waals surface area contributed by atoms with Crippen LogP contribution in [0.2, 0.25) is 0 Å². The van der Waals surface area contributed by atoms with Crippen molar-refractivity contribution in [1.29, 1.82) is 0 Å². The summed E-state index contributed by atoms with van der Waals surface area (Å²) in [4.78, 5) is 24.9. The van der Waals surface area contributed by atoms with Gasteiger partial charge >= 0.3 is 5.97 Å². The Labute approximate surface area is 165 Å². The number of esters is 1. The van der Waals surface area contributed by atoms with Gasteiger partial charge in [0.05, 0.1) is 17.5 Å². The van der Waals surface area contributed by atoms with Crippen LogP contribution < -0.4 is 10.0 Å². The minimum Gasteiger partial charge on any atom is -0.452 e. The average molecular weight is 407 g/mol. The van der Waals surface area contributed by atoms with E-state index < -0.39 is 16.0 Å². The van der Waals surface area contributed by atoms with Crippen LogP contribution in [0.15, 0.2) is 24.3 Å². The molecule has 0 unspecified atom stereocenters. The Morgan fingerprint density at radius 1 is 1.07 bits per heavy atom.